The second-order valence-electron chi connectivity index (χ2n) is 4.40. The van der Waals surface area contributed by atoms with E-state index >= 15 is 0 Å². The third-order valence-corrected chi connectivity index (χ3v) is 3.84. The molecule has 0 aliphatic carbocycles. The molecule has 0 aliphatic heterocycles. The Balaban J connectivity index is 1.81. The van der Waals surface area contributed by atoms with Crippen LogP contribution in [-0.2, 0) is 6.61 Å². The minimum Gasteiger partial charge on any atom is -0.489 e. The number of ether oxygens (including phenoxy) is 1. The fraction of sp³-hybridized carbons (Fsp3) is 0.0625. The van der Waals surface area contributed by atoms with Gasteiger partial charge in [0, 0.05) is 16.2 Å². The van der Waals surface area contributed by atoms with Gasteiger partial charge < -0.3 is 4.74 Å². The summed E-state index contributed by atoms with van der Waals surface area (Å²) >= 11 is 9.47. The maximum atomic E-state index is 6.01. The molecule has 0 aliphatic rings. The van der Waals surface area contributed by atoms with Crippen LogP contribution in [0, 0.1) is 0 Å². The van der Waals surface area contributed by atoms with Crippen molar-refractivity contribution in [2.24, 2.45) is 0 Å². The van der Waals surface area contributed by atoms with Crippen molar-refractivity contribution < 1.29 is 4.74 Å². The van der Waals surface area contributed by atoms with Crippen LogP contribution in [0.25, 0.3) is 10.8 Å². The van der Waals surface area contributed by atoms with Crippen LogP contribution in [0.15, 0.2) is 59.2 Å². The smallest absolute Gasteiger partial charge is 0.135 e. The number of hydrogen-bond acceptors (Lipinski definition) is 2. The van der Waals surface area contributed by atoms with Crippen molar-refractivity contribution in [1.82, 2.24) is 4.98 Å². The van der Waals surface area contributed by atoms with Crippen molar-refractivity contribution in [1.29, 1.82) is 0 Å². The molecule has 0 spiro atoms. The van der Waals surface area contributed by atoms with Crippen molar-refractivity contribution >= 4 is 38.3 Å². The van der Waals surface area contributed by atoms with Gasteiger partial charge in [0.2, 0.25) is 0 Å². The van der Waals surface area contributed by atoms with E-state index in [9.17, 15) is 0 Å². The number of hydrogen-bond donors (Lipinski definition) is 0. The van der Waals surface area contributed by atoms with Gasteiger partial charge in [-0.3, -0.25) is 0 Å². The largest absolute Gasteiger partial charge is 0.489 e. The van der Waals surface area contributed by atoms with E-state index in [4.69, 9.17) is 16.3 Å². The normalized spacial score (nSPS) is 10.7. The highest BCUT2D eigenvalue weighted by Gasteiger charge is 2.03. The lowest BCUT2D eigenvalue weighted by Crippen LogP contribution is -1.97. The summed E-state index contributed by atoms with van der Waals surface area (Å²) in [5.41, 5.74) is 0.880. The van der Waals surface area contributed by atoms with E-state index in [2.05, 4.69) is 33.0 Å². The second kappa shape index (κ2) is 5.81. The Bertz CT molecular complexity index is 760. The number of aromatic nitrogens is 1. The van der Waals surface area contributed by atoms with Crippen LogP contribution in [0.3, 0.4) is 0 Å². The van der Waals surface area contributed by atoms with Crippen LogP contribution in [0.4, 0.5) is 0 Å². The highest BCUT2D eigenvalue weighted by molar-refractivity contribution is 9.10. The summed E-state index contributed by atoms with van der Waals surface area (Å²) in [6.07, 6.45) is 1.67. The van der Waals surface area contributed by atoms with E-state index in [-0.39, 0.29) is 0 Å². The first-order valence-corrected chi connectivity index (χ1v) is 7.31. The maximum absolute atomic E-state index is 6.01. The van der Waals surface area contributed by atoms with E-state index < -0.39 is 0 Å². The number of pyridine rings is 1. The summed E-state index contributed by atoms with van der Waals surface area (Å²) in [5.74, 6) is 0.819. The average Bonchev–Trinajstić information content (AvgIpc) is 2.46. The molecule has 0 atom stereocenters. The molecule has 0 radical (unpaired) electrons. The summed E-state index contributed by atoms with van der Waals surface area (Å²) in [5, 5.41) is 2.80. The molecule has 1 aromatic heterocycles. The Morgan fingerprint density at radius 3 is 2.70 bits per heavy atom. The van der Waals surface area contributed by atoms with Crippen LogP contribution >= 0.6 is 27.5 Å². The molecule has 2 nitrogen and oxygen atoms in total. The van der Waals surface area contributed by atoms with Crippen molar-refractivity contribution in [3.05, 3.63) is 69.9 Å². The summed E-state index contributed by atoms with van der Waals surface area (Å²) in [4.78, 5) is 4.03. The molecule has 100 valence electrons. The second-order valence-corrected chi connectivity index (χ2v) is 5.67. The predicted octanol–water partition coefficient (Wildman–Crippen LogP) is 5.23. The van der Waals surface area contributed by atoms with Crippen molar-refractivity contribution in [2.45, 2.75) is 6.61 Å². The molecular formula is C16H11BrClNO. The summed E-state index contributed by atoms with van der Waals surface area (Å²) < 4.78 is 6.85. The number of nitrogens with zero attached hydrogens (tertiary/aromatic N) is 1. The van der Waals surface area contributed by atoms with Crippen LogP contribution < -0.4 is 4.74 Å². The van der Waals surface area contributed by atoms with Crippen LogP contribution in [0.1, 0.15) is 5.56 Å². The maximum Gasteiger partial charge on any atom is 0.135 e. The van der Waals surface area contributed by atoms with Crippen LogP contribution in [-0.4, -0.2) is 4.98 Å². The van der Waals surface area contributed by atoms with E-state index in [0.29, 0.717) is 11.8 Å². The first-order valence-electron chi connectivity index (χ1n) is 6.14. The predicted molar refractivity (Wildman–Crippen MR) is 85.2 cm³/mol. The zero-order chi connectivity index (χ0) is 13.9. The fourth-order valence-electron chi connectivity index (χ4n) is 1.97. The first-order chi connectivity index (χ1) is 9.72. The number of rotatable bonds is 3. The van der Waals surface area contributed by atoms with E-state index in [1.165, 1.54) is 5.39 Å². The minimum atomic E-state index is 0.411. The number of benzene rings is 2. The molecule has 4 heteroatoms. The quantitative estimate of drug-likeness (QED) is 0.605. The SMILES string of the molecule is Clc1ncccc1COc1ccc2cc(Br)ccc2c1. The van der Waals surface area contributed by atoms with Gasteiger partial charge in [0.1, 0.15) is 17.5 Å². The van der Waals surface area contributed by atoms with E-state index in [0.717, 1.165) is 21.2 Å². The highest BCUT2D eigenvalue weighted by Crippen LogP contribution is 2.25. The van der Waals surface area contributed by atoms with Gasteiger partial charge in [0.05, 0.1) is 0 Å². The van der Waals surface area contributed by atoms with Crippen molar-refractivity contribution in [3.8, 4) is 5.75 Å². The molecule has 0 saturated heterocycles. The zero-order valence-electron chi connectivity index (χ0n) is 10.5. The Hall–Kier alpha value is -1.58. The molecule has 0 saturated carbocycles. The van der Waals surface area contributed by atoms with Gasteiger partial charge in [-0.2, -0.15) is 0 Å². The Morgan fingerprint density at radius 2 is 1.85 bits per heavy atom. The molecule has 0 N–H and O–H groups in total. The lowest BCUT2D eigenvalue weighted by molar-refractivity contribution is 0.306. The van der Waals surface area contributed by atoms with Crippen molar-refractivity contribution in [2.75, 3.05) is 0 Å². The van der Waals surface area contributed by atoms with Gasteiger partial charge in [0.25, 0.3) is 0 Å². The fourth-order valence-corrected chi connectivity index (χ4v) is 2.53. The summed E-state index contributed by atoms with van der Waals surface area (Å²) in [6, 6.07) is 15.9. The third kappa shape index (κ3) is 2.94. The Kier molecular flexibility index (Phi) is 3.90. The first kappa shape index (κ1) is 13.4. The van der Waals surface area contributed by atoms with Gasteiger partial charge >= 0.3 is 0 Å². The molecule has 3 aromatic rings. The average molecular weight is 349 g/mol. The highest BCUT2D eigenvalue weighted by atomic mass is 79.9. The van der Waals surface area contributed by atoms with Crippen molar-refractivity contribution in [3.63, 3.8) is 0 Å². The third-order valence-electron chi connectivity index (χ3n) is 3.00. The summed E-state index contributed by atoms with van der Waals surface area (Å²) in [6.45, 7) is 0.411. The molecule has 2 aromatic carbocycles. The van der Waals surface area contributed by atoms with E-state index in [1.807, 2.05) is 36.4 Å². The number of fused-ring (bicyclic) bond motifs is 1. The van der Waals surface area contributed by atoms with E-state index in [1.54, 1.807) is 6.20 Å². The molecule has 0 unspecified atom stereocenters. The molecular weight excluding hydrogens is 338 g/mol. The monoisotopic (exact) mass is 347 g/mol. The lowest BCUT2D eigenvalue weighted by atomic mass is 10.1. The van der Waals surface area contributed by atoms with Gasteiger partial charge in [-0.05, 0) is 41.1 Å². The van der Waals surface area contributed by atoms with Gasteiger partial charge in [-0.25, -0.2) is 4.98 Å². The molecule has 0 bridgehead atoms. The van der Waals surface area contributed by atoms with Gasteiger partial charge in [-0.1, -0.05) is 45.7 Å². The molecule has 1 heterocycles. The standard InChI is InChI=1S/C16H11BrClNO/c17-14-5-3-12-9-15(6-4-11(12)8-14)20-10-13-2-1-7-19-16(13)18/h1-9H,10H2. The van der Waals surface area contributed by atoms with Gasteiger partial charge in [-0.15, -0.1) is 0 Å². The Labute approximate surface area is 130 Å². The minimum absolute atomic E-state index is 0.411. The molecule has 3 rings (SSSR count). The zero-order valence-corrected chi connectivity index (χ0v) is 12.9. The lowest BCUT2D eigenvalue weighted by Gasteiger charge is -2.08. The van der Waals surface area contributed by atoms with Crippen LogP contribution in [0.5, 0.6) is 5.75 Å². The number of halogens is 2. The molecule has 0 fully saturated rings. The summed E-state index contributed by atoms with van der Waals surface area (Å²) in [7, 11) is 0. The molecule has 20 heavy (non-hydrogen) atoms. The Morgan fingerprint density at radius 1 is 1.05 bits per heavy atom. The molecule has 0 amide bonds. The van der Waals surface area contributed by atoms with Gasteiger partial charge in [0.15, 0.2) is 0 Å². The van der Waals surface area contributed by atoms with Crippen LogP contribution in [0.2, 0.25) is 5.15 Å². The topological polar surface area (TPSA) is 22.1 Å².